The van der Waals surface area contributed by atoms with E-state index in [-0.39, 0.29) is 23.5 Å². The number of hydrogen-bond donors (Lipinski definition) is 1. The Bertz CT molecular complexity index is 426. The molecule has 0 spiro atoms. The first-order valence-corrected chi connectivity index (χ1v) is 4.01. The lowest BCUT2D eigenvalue weighted by Crippen LogP contribution is -2.08. The number of halogens is 2. The van der Waals surface area contributed by atoms with Gasteiger partial charge < -0.3 is 5.73 Å². The lowest BCUT2D eigenvalue weighted by Gasteiger charge is -2.07. The average molecular weight is 211 g/mol. The van der Waals surface area contributed by atoms with Crippen LogP contribution >= 0.6 is 0 Å². The Labute approximate surface area is 84.3 Å². The van der Waals surface area contributed by atoms with Crippen molar-refractivity contribution in [1.82, 2.24) is 4.98 Å². The molecule has 6 heteroatoms. The van der Waals surface area contributed by atoms with E-state index in [9.17, 15) is 13.6 Å². The Balaban J connectivity index is 3.47. The molecule has 0 saturated carbocycles. The molecule has 0 aliphatic rings. The lowest BCUT2D eigenvalue weighted by atomic mass is 10.1. The summed E-state index contributed by atoms with van der Waals surface area (Å²) in [7, 11) is 0. The van der Waals surface area contributed by atoms with Crippen LogP contribution in [-0.4, -0.2) is 11.3 Å². The van der Waals surface area contributed by atoms with E-state index in [0.29, 0.717) is 6.29 Å². The predicted molar refractivity (Wildman–Crippen MR) is 47.2 cm³/mol. The Kier molecular flexibility index (Phi) is 3.42. The lowest BCUT2D eigenvalue weighted by molar-refractivity contribution is 0.111. The van der Waals surface area contributed by atoms with E-state index in [1.54, 1.807) is 6.07 Å². The van der Waals surface area contributed by atoms with Crippen molar-refractivity contribution < 1.29 is 13.6 Å². The van der Waals surface area contributed by atoms with E-state index < -0.39 is 12.0 Å². The van der Waals surface area contributed by atoms with Gasteiger partial charge in [-0.2, -0.15) is 5.26 Å². The summed E-state index contributed by atoms with van der Waals surface area (Å²) < 4.78 is 25.0. The second kappa shape index (κ2) is 4.57. The van der Waals surface area contributed by atoms with Crippen molar-refractivity contribution in [2.45, 2.75) is 13.0 Å². The van der Waals surface area contributed by atoms with Crippen molar-refractivity contribution >= 4 is 6.29 Å². The first-order chi connectivity index (χ1) is 7.13. The van der Waals surface area contributed by atoms with Crippen LogP contribution in [0.3, 0.4) is 0 Å². The molecule has 4 nitrogen and oxygen atoms in total. The molecule has 1 heterocycles. The Morgan fingerprint density at radius 1 is 1.67 bits per heavy atom. The number of nitrogens with two attached hydrogens (primary N) is 1. The molecule has 0 aliphatic carbocycles. The molecule has 2 N–H and O–H groups in total. The first kappa shape index (κ1) is 11.2. The zero-order valence-electron chi connectivity index (χ0n) is 7.58. The topological polar surface area (TPSA) is 79.8 Å². The van der Waals surface area contributed by atoms with Gasteiger partial charge in [-0.05, 0) is 6.07 Å². The zero-order chi connectivity index (χ0) is 11.4. The molecule has 1 aromatic heterocycles. The predicted octanol–water partition coefficient (Wildman–Crippen LogP) is 1.16. The third kappa shape index (κ3) is 2.14. The van der Waals surface area contributed by atoms with Crippen molar-refractivity contribution in [3.05, 3.63) is 28.6 Å². The van der Waals surface area contributed by atoms with Crippen LogP contribution in [0.4, 0.5) is 8.78 Å². The van der Waals surface area contributed by atoms with Crippen LogP contribution in [0.5, 0.6) is 0 Å². The summed E-state index contributed by atoms with van der Waals surface area (Å²) in [4.78, 5) is 14.1. The normalized spacial score (nSPS) is 10.1. The molecule has 15 heavy (non-hydrogen) atoms. The Morgan fingerprint density at radius 2 is 2.33 bits per heavy atom. The molecule has 0 radical (unpaired) electrons. The fourth-order valence-corrected chi connectivity index (χ4v) is 1.15. The van der Waals surface area contributed by atoms with Gasteiger partial charge in [0.15, 0.2) is 6.29 Å². The monoisotopic (exact) mass is 211 g/mol. The molecule has 78 valence electrons. The van der Waals surface area contributed by atoms with Gasteiger partial charge in [0, 0.05) is 12.1 Å². The first-order valence-electron chi connectivity index (χ1n) is 4.01. The van der Waals surface area contributed by atoms with Crippen LogP contribution < -0.4 is 5.73 Å². The average Bonchev–Trinajstić information content (AvgIpc) is 2.26. The molecule has 0 aliphatic heterocycles. The van der Waals surface area contributed by atoms with Gasteiger partial charge in [-0.1, -0.05) is 0 Å². The number of rotatable bonds is 3. The van der Waals surface area contributed by atoms with Gasteiger partial charge in [0.2, 0.25) is 0 Å². The molecule has 1 rings (SSSR count). The van der Waals surface area contributed by atoms with Gasteiger partial charge in [0.05, 0.1) is 11.3 Å². The number of hydrogen-bond acceptors (Lipinski definition) is 4. The minimum absolute atomic E-state index is 0.0115. The van der Waals surface area contributed by atoms with Crippen LogP contribution in [0.15, 0.2) is 6.07 Å². The van der Waals surface area contributed by atoms with E-state index in [1.165, 1.54) is 0 Å². The second-order valence-corrected chi connectivity index (χ2v) is 2.69. The van der Waals surface area contributed by atoms with Crippen molar-refractivity contribution in [2.24, 2.45) is 5.73 Å². The van der Waals surface area contributed by atoms with Crippen LogP contribution in [-0.2, 0) is 6.54 Å². The molecule has 0 aromatic carbocycles. The summed E-state index contributed by atoms with van der Waals surface area (Å²) >= 11 is 0. The number of alkyl halides is 2. The summed E-state index contributed by atoms with van der Waals surface area (Å²) in [5.74, 6) is 0. The van der Waals surface area contributed by atoms with Crippen molar-refractivity contribution in [3.8, 4) is 6.07 Å². The molecule has 1 aromatic rings. The minimum atomic E-state index is -2.83. The summed E-state index contributed by atoms with van der Waals surface area (Å²) in [6.07, 6.45) is -2.49. The molecule has 0 fully saturated rings. The maximum atomic E-state index is 12.5. The van der Waals surface area contributed by atoms with Gasteiger partial charge >= 0.3 is 0 Å². The minimum Gasteiger partial charge on any atom is -0.325 e. The van der Waals surface area contributed by atoms with Crippen molar-refractivity contribution in [3.63, 3.8) is 0 Å². The van der Waals surface area contributed by atoms with Crippen molar-refractivity contribution in [1.29, 1.82) is 5.26 Å². The maximum absolute atomic E-state index is 12.5. The molecule has 0 saturated heterocycles. The third-order valence-corrected chi connectivity index (χ3v) is 1.81. The molecule has 0 unspecified atom stereocenters. The molecular formula is C9H7F2N3O. The zero-order valence-corrected chi connectivity index (χ0v) is 7.58. The Morgan fingerprint density at radius 3 is 2.73 bits per heavy atom. The molecule has 0 amide bonds. The van der Waals surface area contributed by atoms with Gasteiger partial charge in [-0.3, -0.25) is 4.79 Å². The fraction of sp³-hybridized carbons (Fsp3) is 0.222. The maximum Gasteiger partial charge on any atom is 0.265 e. The van der Waals surface area contributed by atoms with Gasteiger partial charge in [-0.15, -0.1) is 0 Å². The highest BCUT2D eigenvalue weighted by atomic mass is 19.3. The van der Waals surface area contributed by atoms with Crippen LogP contribution in [0.1, 0.15) is 33.7 Å². The molecule has 0 atom stereocenters. The van der Waals surface area contributed by atoms with E-state index in [2.05, 4.69) is 4.98 Å². The van der Waals surface area contributed by atoms with E-state index in [4.69, 9.17) is 11.0 Å². The summed E-state index contributed by atoms with van der Waals surface area (Å²) in [5, 5.41) is 8.68. The third-order valence-electron chi connectivity index (χ3n) is 1.81. The highest BCUT2D eigenvalue weighted by Crippen LogP contribution is 2.24. The standard InChI is InChI=1S/C9H7F2N3O/c10-9(11)6-1-5(4-15)14-8(3-13)7(6)2-12/h1,4,9H,3,13H2. The smallest absolute Gasteiger partial charge is 0.265 e. The van der Waals surface area contributed by atoms with Crippen LogP contribution in [0.2, 0.25) is 0 Å². The number of nitriles is 1. The van der Waals surface area contributed by atoms with E-state index >= 15 is 0 Å². The highest BCUT2D eigenvalue weighted by Gasteiger charge is 2.18. The van der Waals surface area contributed by atoms with Crippen LogP contribution in [0, 0.1) is 11.3 Å². The number of nitrogens with zero attached hydrogens (tertiary/aromatic N) is 2. The number of pyridine rings is 1. The molecule has 0 bridgehead atoms. The number of carbonyl (C=O) groups is 1. The number of carbonyl (C=O) groups excluding carboxylic acids is 1. The summed E-state index contributed by atoms with van der Waals surface area (Å²) in [6.45, 7) is -0.162. The quantitative estimate of drug-likeness (QED) is 0.761. The van der Waals surface area contributed by atoms with Gasteiger partial charge in [-0.25, -0.2) is 13.8 Å². The van der Waals surface area contributed by atoms with Gasteiger partial charge in [0.1, 0.15) is 11.8 Å². The van der Waals surface area contributed by atoms with E-state index in [1.807, 2.05) is 0 Å². The number of aromatic nitrogens is 1. The summed E-state index contributed by atoms with van der Waals surface area (Å²) in [5.41, 5.74) is 4.35. The summed E-state index contributed by atoms with van der Waals surface area (Å²) in [6, 6.07) is 2.51. The van der Waals surface area contributed by atoms with Crippen molar-refractivity contribution in [2.75, 3.05) is 0 Å². The fourth-order valence-electron chi connectivity index (χ4n) is 1.15. The number of aldehydes is 1. The Hall–Kier alpha value is -1.87. The SMILES string of the molecule is N#Cc1c(C(F)F)cc(C=O)nc1CN. The van der Waals surface area contributed by atoms with Crippen LogP contribution in [0.25, 0.3) is 0 Å². The van der Waals surface area contributed by atoms with Gasteiger partial charge in [0.25, 0.3) is 6.43 Å². The van der Waals surface area contributed by atoms with E-state index in [0.717, 1.165) is 6.07 Å². The largest absolute Gasteiger partial charge is 0.325 e. The molecular weight excluding hydrogens is 204 g/mol. The second-order valence-electron chi connectivity index (χ2n) is 2.69. The highest BCUT2D eigenvalue weighted by molar-refractivity contribution is 5.73.